The topological polar surface area (TPSA) is 89.5 Å². The van der Waals surface area contributed by atoms with Gasteiger partial charge in [-0.05, 0) is 56.4 Å². The molecule has 1 atom stereocenters. The number of anilines is 2. The minimum atomic E-state index is -0.330. The molecule has 4 rings (SSSR count). The number of fused-ring (bicyclic) bond motifs is 2. The number of carbonyl (C=O) groups excluding carboxylic acids is 2. The minimum absolute atomic E-state index is 0.0757. The van der Waals surface area contributed by atoms with E-state index in [4.69, 9.17) is 19.2 Å². The van der Waals surface area contributed by atoms with Gasteiger partial charge in [0.05, 0.1) is 38.6 Å². The number of hydrogen-bond acceptors (Lipinski definition) is 6. The van der Waals surface area contributed by atoms with E-state index in [2.05, 4.69) is 5.32 Å². The zero-order valence-electron chi connectivity index (χ0n) is 19.7. The molecule has 2 aromatic carbocycles. The zero-order chi connectivity index (χ0) is 23.7. The molecular weight excluding hydrogens is 422 g/mol. The van der Waals surface area contributed by atoms with Crippen molar-refractivity contribution in [2.45, 2.75) is 33.1 Å². The van der Waals surface area contributed by atoms with E-state index in [-0.39, 0.29) is 24.3 Å². The van der Waals surface area contributed by atoms with E-state index in [9.17, 15) is 9.59 Å². The van der Waals surface area contributed by atoms with Gasteiger partial charge in [0.15, 0.2) is 11.5 Å². The monoisotopic (exact) mass is 451 g/mol. The fourth-order valence-corrected chi connectivity index (χ4v) is 4.44. The van der Waals surface area contributed by atoms with Crippen LogP contribution >= 0.6 is 0 Å². The summed E-state index contributed by atoms with van der Waals surface area (Å²) in [5.74, 6) is 0.617. The average molecular weight is 452 g/mol. The smallest absolute Gasteiger partial charge is 0.244 e. The first-order chi connectivity index (χ1) is 15.9. The molecule has 0 aromatic heterocycles. The predicted octanol–water partition coefficient (Wildman–Crippen LogP) is 4.19. The Morgan fingerprint density at radius 1 is 1.06 bits per heavy atom. The number of amides is 2. The molecule has 1 aliphatic carbocycles. The Morgan fingerprint density at radius 3 is 2.36 bits per heavy atom. The molecule has 1 saturated carbocycles. The molecule has 1 heterocycles. The summed E-state index contributed by atoms with van der Waals surface area (Å²) in [5.41, 5.74) is 4.95. The van der Waals surface area contributed by atoms with E-state index in [0.29, 0.717) is 28.6 Å². The van der Waals surface area contributed by atoms with Gasteiger partial charge >= 0.3 is 0 Å². The van der Waals surface area contributed by atoms with Crippen LogP contribution in [0, 0.1) is 19.8 Å². The van der Waals surface area contributed by atoms with Gasteiger partial charge in [0.2, 0.25) is 17.6 Å². The van der Waals surface area contributed by atoms with Gasteiger partial charge in [-0.2, -0.15) is 0 Å². The molecule has 0 saturated heterocycles. The fraction of sp³-hybridized carbons (Fsp3) is 0.400. The summed E-state index contributed by atoms with van der Waals surface area (Å²) >= 11 is 0. The highest BCUT2D eigenvalue weighted by molar-refractivity contribution is 6.17. The second-order valence-electron chi connectivity index (χ2n) is 8.36. The SMILES string of the molecule is COc1cc(NC(=O)CN2C(=O)C3CCCC3=Nc3cc(C)c(C)cc32)cc(OC)c1OC. The Hall–Kier alpha value is -3.55. The molecule has 1 N–H and O–H groups in total. The maximum absolute atomic E-state index is 13.5. The summed E-state index contributed by atoms with van der Waals surface area (Å²) in [7, 11) is 4.54. The molecule has 2 aromatic rings. The molecule has 0 bridgehead atoms. The third-order valence-electron chi connectivity index (χ3n) is 6.29. The highest BCUT2D eigenvalue weighted by Gasteiger charge is 2.37. The number of hydrogen-bond donors (Lipinski definition) is 1. The highest BCUT2D eigenvalue weighted by Crippen LogP contribution is 2.41. The lowest BCUT2D eigenvalue weighted by molar-refractivity contribution is -0.122. The summed E-state index contributed by atoms with van der Waals surface area (Å²) in [6.45, 7) is 3.90. The van der Waals surface area contributed by atoms with Gasteiger partial charge in [-0.15, -0.1) is 0 Å². The molecule has 1 fully saturated rings. The Labute approximate surface area is 193 Å². The van der Waals surface area contributed by atoms with Crippen molar-refractivity contribution in [2.24, 2.45) is 10.9 Å². The van der Waals surface area contributed by atoms with Crippen molar-refractivity contribution in [1.29, 1.82) is 0 Å². The number of nitrogens with zero attached hydrogens (tertiary/aromatic N) is 2. The van der Waals surface area contributed by atoms with E-state index in [1.54, 1.807) is 17.0 Å². The van der Waals surface area contributed by atoms with Gasteiger partial charge < -0.3 is 24.4 Å². The molecule has 2 amide bonds. The average Bonchev–Trinajstić information content (AvgIpc) is 3.23. The lowest BCUT2D eigenvalue weighted by Gasteiger charge is -2.25. The number of carbonyl (C=O) groups is 2. The number of methoxy groups -OCH3 is 3. The maximum atomic E-state index is 13.5. The van der Waals surface area contributed by atoms with Crippen molar-refractivity contribution in [3.05, 3.63) is 35.4 Å². The van der Waals surface area contributed by atoms with Gasteiger partial charge in [-0.25, -0.2) is 0 Å². The van der Waals surface area contributed by atoms with Crippen LogP contribution in [0.15, 0.2) is 29.3 Å². The van der Waals surface area contributed by atoms with Crippen LogP contribution in [0.25, 0.3) is 0 Å². The number of aryl methyl sites for hydroxylation is 2. The number of ether oxygens (including phenoxy) is 3. The normalized spacial score (nSPS) is 17.0. The molecule has 0 spiro atoms. The van der Waals surface area contributed by atoms with Crippen LogP contribution < -0.4 is 24.4 Å². The van der Waals surface area contributed by atoms with E-state index in [0.717, 1.165) is 41.8 Å². The van der Waals surface area contributed by atoms with Crippen LogP contribution in [0.1, 0.15) is 30.4 Å². The van der Waals surface area contributed by atoms with E-state index >= 15 is 0 Å². The first-order valence-corrected chi connectivity index (χ1v) is 11.0. The summed E-state index contributed by atoms with van der Waals surface area (Å²) < 4.78 is 16.1. The standard InChI is InChI=1S/C25H29N3O5/c1-14-9-19-20(10-15(14)2)28(25(30)17-7-6-8-18(17)27-19)13-23(29)26-16-11-21(31-3)24(33-5)22(12-16)32-4/h9-12,17H,6-8,13H2,1-5H3,(H,26,29). The van der Waals surface area contributed by atoms with Crippen LogP contribution in [-0.2, 0) is 9.59 Å². The van der Waals surface area contributed by atoms with Gasteiger partial charge in [0.1, 0.15) is 6.54 Å². The predicted molar refractivity (Wildman–Crippen MR) is 127 cm³/mol. The van der Waals surface area contributed by atoms with Crippen molar-refractivity contribution in [2.75, 3.05) is 38.1 Å². The lowest BCUT2D eigenvalue weighted by atomic mass is 10.0. The van der Waals surface area contributed by atoms with Crippen LogP contribution in [0.4, 0.5) is 17.1 Å². The molecule has 8 heteroatoms. The van der Waals surface area contributed by atoms with Gasteiger partial charge in [-0.1, -0.05) is 0 Å². The fourth-order valence-electron chi connectivity index (χ4n) is 4.44. The van der Waals surface area contributed by atoms with Gasteiger partial charge in [-0.3, -0.25) is 14.6 Å². The number of aliphatic imine (C=N–C) groups is 1. The third-order valence-corrected chi connectivity index (χ3v) is 6.29. The molecular formula is C25H29N3O5. The Bertz CT molecular complexity index is 1120. The molecule has 33 heavy (non-hydrogen) atoms. The molecule has 1 aliphatic heterocycles. The van der Waals surface area contributed by atoms with Crippen LogP contribution in [0.3, 0.4) is 0 Å². The summed E-state index contributed by atoms with van der Waals surface area (Å²) in [6, 6.07) is 7.25. The summed E-state index contributed by atoms with van der Waals surface area (Å²) in [5, 5.41) is 2.86. The largest absolute Gasteiger partial charge is 0.493 e. The quantitative estimate of drug-likeness (QED) is 0.711. The van der Waals surface area contributed by atoms with Crippen molar-refractivity contribution in [3.8, 4) is 17.2 Å². The molecule has 1 unspecified atom stereocenters. The number of nitrogens with one attached hydrogen (secondary N) is 1. The van der Waals surface area contributed by atoms with Gasteiger partial charge in [0.25, 0.3) is 0 Å². The van der Waals surface area contributed by atoms with E-state index in [1.165, 1.54) is 21.3 Å². The third kappa shape index (κ3) is 4.25. The summed E-state index contributed by atoms with van der Waals surface area (Å²) in [6.07, 6.45) is 2.50. The van der Waals surface area contributed by atoms with E-state index < -0.39 is 0 Å². The van der Waals surface area contributed by atoms with Gasteiger partial charge in [0, 0.05) is 23.5 Å². The second kappa shape index (κ2) is 9.13. The van der Waals surface area contributed by atoms with Crippen molar-refractivity contribution in [1.82, 2.24) is 0 Å². The first-order valence-electron chi connectivity index (χ1n) is 11.0. The second-order valence-corrected chi connectivity index (χ2v) is 8.36. The maximum Gasteiger partial charge on any atom is 0.244 e. The van der Waals surface area contributed by atoms with Crippen LogP contribution in [0.2, 0.25) is 0 Å². The van der Waals surface area contributed by atoms with Crippen LogP contribution in [-0.4, -0.2) is 45.4 Å². The molecule has 174 valence electrons. The zero-order valence-corrected chi connectivity index (χ0v) is 19.7. The Balaban J connectivity index is 1.64. The molecule has 2 aliphatic rings. The van der Waals surface area contributed by atoms with Crippen molar-refractivity contribution in [3.63, 3.8) is 0 Å². The summed E-state index contributed by atoms with van der Waals surface area (Å²) in [4.78, 5) is 33.0. The number of benzene rings is 2. The van der Waals surface area contributed by atoms with Crippen molar-refractivity contribution < 1.29 is 23.8 Å². The molecule has 8 nitrogen and oxygen atoms in total. The lowest BCUT2D eigenvalue weighted by Crippen LogP contribution is -2.42. The van der Waals surface area contributed by atoms with Crippen LogP contribution in [0.5, 0.6) is 17.2 Å². The minimum Gasteiger partial charge on any atom is -0.493 e. The Morgan fingerprint density at radius 2 is 1.73 bits per heavy atom. The van der Waals surface area contributed by atoms with E-state index in [1.807, 2.05) is 26.0 Å². The van der Waals surface area contributed by atoms with Crippen molar-refractivity contribution >= 4 is 34.6 Å². The number of rotatable bonds is 6. The molecule has 0 radical (unpaired) electrons. The Kier molecular flexibility index (Phi) is 6.26. The first kappa shape index (κ1) is 22.6. The highest BCUT2D eigenvalue weighted by atomic mass is 16.5.